The van der Waals surface area contributed by atoms with Crippen LogP contribution in [0.4, 0.5) is 11.4 Å². The molecule has 0 radical (unpaired) electrons. The van der Waals surface area contributed by atoms with Crippen molar-refractivity contribution >= 4 is 34.2 Å². The van der Waals surface area contributed by atoms with Gasteiger partial charge in [-0.3, -0.25) is 4.79 Å². The number of nitrogens with one attached hydrogen (secondary N) is 2. The second kappa shape index (κ2) is 8.22. The van der Waals surface area contributed by atoms with Crippen LogP contribution >= 0.6 is 0 Å². The second-order valence-electron chi connectivity index (χ2n) is 7.95. The molecule has 1 aliphatic rings. The maximum absolute atomic E-state index is 12.4. The zero-order chi connectivity index (χ0) is 21.3. The lowest BCUT2D eigenvalue weighted by Crippen LogP contribution is -2.22. The molecular weight excluding hydrogens is 378 g/mol. The first-order chi connectivity index (χ1) is 14.4. The Balaban J connectivity index is 1.36. The molecule has 2 N–H and O–H groups in total. The van der Waals surface area contributed by atoms with Gasteiger partial charge in [0.15, 0.2) is 6.61 Å². The number of carbonyl (C=O) groups is 2. The molecule has 1 aromatic heterocycles. The monoisotopic (exact) mass is 405 g/mol. The van der Waals surface area contributed by atoms with Crippen molar-refractivity contribution in [2.24, 2.45) is 0 Å². The van der Waals surface area contributed by atoms with Crippen LogP contribution in [0.1, 0.15) is 40.0 Å². The van der Waals surface area contributed by atoms with Crippen LogP contribution in [0, 0.1) is 20.8 Å². The number of nitrogens with zero attached hydrogens (tertiary/aromatic N) is 1. The molecule has 2 aromatic carbocycles. The number of hydrogen-bond donors (Lipinski definition) is 2. The number of anilines is 2. The minimum Gasteiger partial charge on any atom is -0.452 e. The molecule has 4 rings (SSSR count). The second-order valence-corrected chi connectivity index (χ2v) is 7.95. The molecule has 1 amide bonds. The van der Waals surface area contributed by atoms with Crippen molar-refractivity contribution in [1.29, 1.82) is 0 Å². The number of aromatic nitrogens is 1. The Hall–Kier alpha value is -3.28. The van der Waals surface area contributed by atoms with E-state index in [-0.39, 0.29) is 12.5 Å². The Labute approximate surface area is 176 Å². The van der Waals surface area contributed by atoms with E-state index in [1.165, 1.54) is 18.5 Å². The molecule has 0 bridgehead atoms. The fraction of sp³-hybridized carbons (Fsp3) is 0.333. The van der Waals surface area contributed by atoms with Gasteiger partial charge in [0.2, 0.25) is 0 Å². The molecule has 1 saturated heterocycles. The molecule has 2 heterocycles. The topological polar surface area (TPSA) is 74.4 Å². The molecule has 0 spiro atoms. The molecule has 0 saturated carbocycles. The van der Waals surface area contributed by atoms with Gasteiger partial charge >= 0.3 is 5.97 Å². The SMILES string of the molecule is Cc1cc(N2CCCC2)ccc1NC(=O)COC(=O)c1ccc2[nH]c(C)c(C)c2c1. The predicted octanol–water partition coefficient (Wildman–Crippen LogP) is 4.49. The van der Waals surface area contributed by atoms with Crippen molar-refractivity contribution in [3.05, 3.63) is 58.8 Å². The lowest BCUT2D eigenvalue weighted by molar-refractivity contribution is -0.119. The van der Waals surface area contributed by atoms with Crippen molar-refractivity contribution in [2.45, 2.75) is 33.6 Å². The number of aryl methyl sites for hydroxylation is 3. The number of H-pyrrole nitrogens is 1. The molecule has 1 fully saturated rings. The van der Waals surface area contributed by atoms with E-state index >= 15 is 0 Å². The van der Waals surface area contributed by atoms with Crippen molar-refractivity contribution in [3.63, 3.8) is 0 Å². The Morgan fingerprint density at radius 2 is 1.83 bits per heavy atom. The summed E-state index contributed by atoms with van der Waals surface area (Å²) in [5, 5.41) is 3.82. The third kappa shape index (κ3) is 4.03. The first-order valence-corrected chi connectivity index (χ1v) is 10.3. The fourth-order valence-corrected chi connectivity index (χ4v) is 3.95. The third-order valence-electron chi connectivity index (χ3n) is 5.83. The smallest absolute Gasteiger partial charge is 0.338 e. The Bertz CT molecular complexity index is 1110. The van der Waals surface area contributed by atoms with Gasteiger partial charge in [0.25, 0.3) is 5.91 Å². The molecule has 1 aliphatic heterocycles. The summed E-state index contributed by atoms with van der Waals surface area (Å²) in [5.74, 6) is -0.860. The van der Waals surface area contributed by atoms with Gasteiger partial charge < -0.3 is 19.9 Å². The van der Waals surface area contributed by atoms with Gasteiger partial charge in [-0.05, 0) is 81.1 Å². The molecular formula is C24H27N3O3. The third-order valence-corrected chi connectivity index (χ3v) is 5.83. The summed E-state index contributed by atoms with van der Waals surface area (Å²) in [4.78, 5) is 30.3. The van der Waals surface area contributed by atoms with E-state index in [0.717, 1.165) is 46.5 Å². The number of rotatable bonds is 5. The summed E-state index contributed by atoms with van der Waals surface area (Å²) >= 11 is 0. The molecule has 30 heavy (non-hydrogen) atoms. The van der Waals surface area contributed by atoms with Gasteiger partial charge in [-0.1, -0.05) is 0 Å². The molecule has 156 valence electrons. The number of carbonyl (C=O) groups excluding carboxylic acids is 2. The summed E-state index contributed by atoms with van der Waals surface area (Å²) in [7, 11) is 0. The van der Waals surface area contributed by atoms with Crippen LogP contribution in [0.15, 0.2) is 36.4 Å². The Kier molecular flexibility index (Phi) is 5.48. The van der Waals surface area contributed by atoms with Gasteiger partial charge in [-0.25, -0.2) is 4.79 Å². The minimum absolute atomic E-state index is 0.324. The highest BCUT2D eigenvalue weighted by Gasteiger charge is 2.15. The van der Waals surface area contributed by atoms with E-state index in [0.29, 0.717) is 5.56 Å². The molecule has 0 unspecified atom stereocenters. The number of hydrogen-bond acceptors (Lipinski definition) is 4. The zero-order valence-corrected chi connectivity index (χ0v) is 17.7. The number of esters is 1. The largest absolute Gasteiger partial charge is 0.452 e. The van der Waals surface area contributed by atoms with Crippen molar-refractivity contribution < 1.29 is 14.3 Å². The average molecular weight is 405 g/mol. The standard InChI is InChI=1S/C24H27N3O3/c1-15-12-19(27-10-4-5-11-27)7-9-21(15)26-23(28)14-30-24(29)18-6-8-22-20(13-18)16(2)17(3)25-22/h6-9,12-13,25H,4-5,10-11,14H2,1-3H3,(H,26,28). The van der Waals surface area contributed by atoms with E-state index in [1.807, 2.05) is 39.0 Å². The number of fused-ring (bicyclic) bond motifs is 1. The maximum atomic E-state index is 12.4. The van der Waals surface area contributed by atoms with Gasteiger partial charge in [-0.15, -0.1) is 0 Å². The normalized spacial score (nSPS) is 13.6. The lowest BCUT2D eigenvalue weighted by atomic mass is 10.1. The fourth-order valence-electron chi connectivity index (χ4n) is 3.95. The van der Waals surface area contributed by atoms with E-state index in [9.17, 15) is 9.59 Å². The van der Waals surface area contributed by atoms with Crippen molar-refractivity contribution in [1.82, 2.24) is 4.98 Å². The summed E-state index contributed by atoms with van der Waals surface area (Å²) in [6, 6.07) is 11.4. The van der Waals surface area contributed by atoms with Crippen LogP contribution in [-0.4, -0.2) is 36.6 Å². The van der Waals surface area contributed by atoms with Gasteiger partial charge in [-0.2, -0.15) is 0 Å². The highest BCUT2D eigenvalue weighted by molar-refractivity contribution is 5.98. The van der Waals surface area contributed by atoms with Gasteiger partial charge in [0, 0.05) is 41.1 Å². The lowest BCUT2D eigenvalue weighted by Gasteiger charge is -2.19. The van der Waals surface area contributed by atoms with Crippen molar-refractivity contribution in [3.8, 4) is 0 Å². The predicted molar refractivity (Wildman–Crippen MR) is 119 cm³/mol. The van der Waals surface area contributed by atoms with Crippen LogP contribution < -0.4 is 10.2 Å². The molecule has 0 atom stereocenters. The van der Waals surface area contributed by atoms with E-state index in [2.05, 4.69) is 21.3 Å². The quantitative estimate of drug-likeness (QED) is 0.614. The van der Waals surface area contributed by atoms with Gasteiger partial charge in [0.05, 0.1) is 5.56 Å². The molecule has 6 nitrogen and oxygen atoms in total. The molecule has 3 aromatic rings. The van der Waals surface area contributed by atoms with Crippen LogP contribution in [-0.2, 0) is 9.53 Å². The number of ether oxygens (including phenoxy) is 1. The van der Waals surface area contributed by atoms with E-state index in [4.69, 9.17) is 4.74 Å². The first kappa shape index (κ1) is 20.0. The van der Waals surface area contributed by atoms with E-state index < -0.39 is 5.97 Å². The van der Waals surface area contributed by atoms with Crippen LogP contribution in [0.2, 0.25) is 0 Å². The van der Waals surface area contributed by atoms with Crippen LogP contribution in [0.25, 0.3) is 10.9 Å². The molecule has 6 heteroatoms. The summed E-state index contributed by atoms with van der Waals surface area (Å²) in [6.07, 6.45) is 2.44. The van der Waals surface area contributed by atoms with Crippen LogP contribution in [0.3, 0.4) is 0 Å². The average Bonchev–Trinajstić information content (AvgIpc) is 3.36. The van der Waals surface area contributed by atoms with Gasteiger partial charge in [0.1, 0.15) is 0 Å². The van der Waals surface area contributed by atoms with Crippen molar-refractivity contribution in [2.75, 3.05) is 29.9 Å². The number of amides is 1. The number of aromatic amines is 1. The minimum atomic E-state index is -0.508. The first-order valence-electron chi connectivity index (χ1n) is 10.3. The maximum Gasteiger partial charge on any atom is 0.338 e. The summed E-state index contributed by atoms with van der Waals surface area (Å²) in [6.45, 7) is 7.81. The zero-order valence-electron chi connectivity index (χ0n) is 17.7. The van der Waals surface area contributed by atoms with Crippen LogP contribution in [0.5, 0.6) is 0 Å². The summed E-state index contributed by atoms with van der Waals surface area (Å²) < 4.78 is 5.23. The Morgan fingerprint density at radius 3 is 2.57 bits per heavy atom. The highest BCUT2D eigenvalue weighted by atomic mass is 16.5. The Morgan fingerprint density at radius 1 is 1.07 bits per heavy atom. The highest BCUT2D eigenvalue weighted by Crippen LogP contribution is 2.26. The molecule has 0 aliphatic carbocycles. The van der Waals surface area contributed by atoms with E-state index in [1.54, 1.807) is 12.1 Å². The summed E-state index contributed by atoms with van der Waals surface area (Å²) in [5.41, 5.74) is 6.49. The number of benzene rings is 2.